The second-order valence-electron chi connectivity index (χ2n) is 4.51. The SMILES string of the molecule is CCOC(=O)/C(C=Nc1ccc2c(c1)ncn2C)=C(/C)O. The minimum atomic E-state index is -0.597. The smallest absolute Gasteiger partial charge is 0.343 e. The number of aliphatic imine (C=N–C) groups is 1. The molecule has 0 amide bonds. The number of aliphatic hydroxyl groups excluding tert-OH is 1. The second kappa shape index (κ2) is 6.21. The van der Waals surface area contributed by atoms with Crippen molar-refractivity contribution in [3.63, 3.8) is 0 Å². The average Bonchev–Trinajstić information content (AvgIpc) is 2.80. The predicted molar refractivity (Wildman–Crippen MR) is 80.8 cm³/mol. The number of hydrogen-bond donors (Lipinski definition) is 1. The van der Waals surface area contributed by atoms with Gasteiger partial charge in [0.05, 0.1) is 29.7 Å². The van der Waals surface area contributed by atoms with Gasteiger partial charge in [0.2, 0.25) is 0 Å². The van der Waals surface area contributed by atoms with Gasteiger partial charge >= 0.3 is 5.97 Å². The highest BCUT2D eigenvalue weighted by Gasteiger charge is 2.11. The Kier molecular flexibility index (Phi) is 4.37. The summed E-state index contributed by atoms with van der Waals surface area (Å²) in [7, 11) is 1.91. The van der Waals surface area contributed by atoms with Crippen LogP contribution in [0.2, 0.25) is 0 Å². The molecule has 0 radical (unpaired) electrons. The lowest BCUT2D eigenvalue weighted by atomic mass is 10.2. The number of aliphatic hydroxyl groups is 1. The summed E-state index contributed by atoms with van der Waals surface area (Å²) in [5.41, 5.74) is 2.49. The van der Waals surface area contributed by atoms with E-state index >= 15 is 0 Å². The van der Waals surface area contributed by atoms with Gasteiger partial charge < -0.3 is 14.4 Å². The number of esters is 1. The fraction of sp³-hybridized carbons (Fsp3) is 0.267. The highest BCUT2D eigenvalue weighted by atomic mass is 16.5. The molecule has 1 aromatic heterocycles. The summed E-state index contributed by atoms with van der Waals surface area (Å²) in [6.45, 7) is 3.36. The third-order valence-corrected chi connectivity index (χ3v) is 2.94. The Morgan fingerprint density at radius 1 is 1.52 bits per heavy atom. The number of allylic oxidation sites excluding steroid dienone is 1. The van der Waals surface area contributed by atoms with E-state index < -0.39 is 5.97 Å². The van der Waals surface area contributed by atoms with Gasteiger partial charge in [0.25, 0.3) is 0 Å². The minimum absolute atomic E-state index is 0.0398. The third kappa shape index (κ3) is 3.28. The molecule has 1 aromatic carbocycles. The lowest BCUT2D eigenvalue weighted by Gasteiger charge is -2.03. The van der Waals surface area contributed by atoms with Crippen molar-refractivity contribution >= 4 is 28.9 Å². The zero-order valence-corrected chi connectivity index (χ0v) is 12.2. The van der Waals surface area contributed by atoms with Crippen LogP contribution in [0.1, 0.15) is 13.8 Å². The number of aryl methyl sites for hydroxylation is 1. The van der Waals surface area contributed by atoms with Gasteiger partial charge in [0.1, 0.15) is 11.3 Å². The Bertz CT molecular complexity index is 725. The van der Waals surface area contributed by atoms with Gasteiger partial charge in [0.15, 0.2) is 0 Å². The zero-order valence-electron chi connectivity index (χ0n) is 12.2. The van der Waals surface area contributed by atoms with Gasteiger partial charge in [-0.2, -0.15) is 0 Å². The first kappa shape index (κ1) is 14.8. The van der Waals surface area contributed by atoms with Crippen LogP contribution >= 0.6 is 0 Å². The lowest BCUT2D eigenvalue weighted by molar-refractivity contribution is -0.138. The number of carbonyl (C=O) groups excluding carboxylic acids is 1. The summed E-state index contributed by atoms with van der Waals surface area (Å²) in [5.74, 6) is -0.726. The molecule has 0 spiro atoms. The van der Waals surface area contributed by atoms with Crippen molar-refractivity contribution in [2.45, 2.75) is 13.8 Å². The fourth-order valence-corrected chi connectivity index (χ4v) is 1.85. The van der Waals surface area contributed by atoms with Gasteiger partial charge in [-0.3, -0.25) is 4.99 Å². The molecule has 0 fully saturated rings. The summed E-state index contributed by atoms with van der Waals surface area (Å²) in [5, 5.41) is 9.53. The second-order valence-corrected chi connectivity index (χ2v) is 4.51. The van der Waals surface area contributed by atoms with Crippen molar-refractivity contribution in [1.82, 2.24) is 9.55 Å². The van der Waals surface area contributed by atoms with Crippen molar-refractivity contribution in [2.75, 3.05) is 6.61 Å². The Labute approximate surface area is 122 Å². The van der Waals surface area contributed by atoms with Crippen LogP contribution in [0.3, 0.4) is 0 Å². The largest absolute Gasteiger partial charge is 0.512 e. The van der Waals surface area contributed by atoms with Crippen LogP contribution in [0.5, 0.6) is 0 Å². The third-order valence-electron chi connectivity index (χ3n) is 2.94. The zero-order chi connectivity index (χ0) is 15.4. The molecule has 0 aliphatic heterocycles. The maximum atomic E-state index is 11.7. The maximum Gasteiger partial charge on any atom is 0.343 e. The standard InChI is InChI=1S/C15H17N3O3/c1-4-21-15(20)12(10(2)19)8-16-11-5-6-14-13(7-11)17-9-18(14)3/h5-9,19H,4H2,1-3H3/b12-10-,16-8?. The molecule has 0 saturated carbocycles. The van der Waals surface area contributed by atoms with E-state index in [1.54, 1.807) is 19.3 Å². The molecule has 110 valence electrons. The number of benzene rings is 1. The average molecular weight is 287 g/mol. The van der Waals surface area contributed by atoms with Crippen LogP contribution in [-0.4, -0.2) is 33.4 Å². The first-order valence-corrected chi connectivity index (χ1v) is 6.55. The number of imidazole rings is 1. The molecule has 0 unspecified atom stereocenters. The molecule has 21 heavy (non-hydrogen) atoms. The molecular weight excluding hydrogens is 270 g/mol. The van der Waals surface area contributed by atoms with Crippen LogP contribution < -0.4 is 0 Å². The number of nitrogens with zero attached hydrogens (tertiary/aromatic N) is 3. The van der Waals surface area contributed by atoms with Crippen molar-refractivity contribution < 1.29 is 14.6 Å². The van der Waals surface area contributed by atoms with Crippen LogP contribution in [0.4, 0.5) is 5.69 Å². The van der Waals surface area contributed by atoms with E-state index in [1.165, 1.54) is 13.1 Å². The normalized spacial score (nSPS) is 12.7. The molecule has 0 aliphatic rings. The highest BCUT2D eigenvalue weighted by molar-refractivity contribution is 6.10. The van der Waals surface area contributed by atoms with Crippen molar-refractivity contribution in [3.8, 4) is 0 Å². The van der Waals surface area contributed by atoms with Gasteiger partial charge in [-0.25, -0.2) is 9.78 Å². The summed E-state index contributed by atoms with van der Waals surface area (Å²) in [4.78, 5) is 20.1. The quantitative estimate of drug-likeness (QED) is 0.406. The predicted octanol–water partition coefficient (Wildman–Crippen LogP) is 2.67. The molecule has 0 saturated heterocycles. The number of aromatic nitrogens is 2. The Morgan fingerprint density at radius 2 is 2.29 bits per heavy atom. The van der Waals surface area contributed by atoms with E-state index in [-0.39, 0.29) is 17.9 Å². The fourth-order valence-electron chi connectivity index (χ4n) is 1.85. The molecule has 1 N–H and O–H groups in total. The topological polar surface area (TPSA) is 76.7 Å². The van der Waals surface area contributed by atoms with E-state index in [0.717, 1.165) is 11.0 Å². The molecule has 6 nitrogen and oxygen atoms in total. The molecular formula is C15H17N3O3. The molecule has 6 heteroatoms. The number of ether oxygens (including phenoxy) is 1. The number of carbonyl (C=O) groups is 1. The van der Waals surface area contributed by atoms with E-state index in [2.05, 4.69) is 9.98 Å². The highest BCUT2D eigenvalue weighted by Crippen LogP contribution is 2.19. The lowest BCUT2D eigenvalue weighted by Crippen LogP contribution is -2.10. The van der Waals surface area contributed by atoms with E-state index in [1.807, 2.05) is 23.7 Å². The summed E-state index contributed by atoms with van der Waals surface area (Å²) >= 11 is 0. The van der Waals surface area contributed by atoms with E-state index in [9.17, 15) is 9.90 Å². The number of hydrogen-bond acceptors (Lipinski definition) is 5. The molecule has 0 bridgehead atoms. The molecule has 2 aromatic rings. The van der Waals surface area contributed by atoms with Gasteiger partial charge in [-0.1, -0.05) is 0 Å². The minimum Gasteiger partial charge on any atom is -0.512 e. The van der Waals surface area contributed by atoms with E-state index in [4.69, 9.17) is 4.74 Å². The summed E-state index contributed by atoms with van der Waals surface area (Å²) < 4.78 is 6.77. The Hall–Kier alpha value is -2.63. The van der Waals surface area contributed by atoms with Crippen LogP contribution in [0, 0.1) is 0 Å². The first-order chi connectivity index (χ1) is 10.0. The number of fused-ring (bicyclic) bond motifs is 1. The summed E-state index contributed by atoms with van der Waals surface area (Å²) in [6, 6.07) is 5.52. The molecule has 1 heterocycles. The van der Waals surface area contributed by atoms with E-state index in [0.29, 0.717) is 5.69 Å². The Balaban J connectivity index is 2.28. The number of rotatable bonds is 4. The maximum absolute atomic E-state index is 11.7. The van der Waals surface area contributed by atoms with Gasteiger partial charge in [-0.05, 0) is 32.0 Å². The molecule has 0 atom stereocenters. The van der Waals surface area contributed by atoms with Crippen molar-refractivity contribution in [1.29, 1.82) is 0 Å². The molecule has 2 rings (SSSR count). The monoisotopic (exact) mass is 287 g/mol. The molecule has 0 aliphatic carbocycles. The summed E-state index contributed by atoms with van der Waals surface area (Å²) in [6.07, 6.45) is 3.03. The van der Waals surface area contributed by atoms with Crippen molar-refractivity contribution in [3.05, 3.63) is 35.9 Å². The van der Waals surface area contributed by atoms with Crippen LogP contribution in [0.15, 0.2) is 40.9 Å². The van der Waals surface area contributed by atoms with Crippen molar-refractivity contribution in [2.24, 2.45) is 12.0 Å². The first-order valence-electron chi connectivity index (χ1n) is 6.55. The van der Waals surface area contributed by atoms with Crippen LogP contribution in [0.25, 0.3) is 11.0 Å². The van der Waals surface area contributed by atoms with Gasteiger partial charge in [-0.15, -0.1) is 0 Å². The van der Waals surface area contributed by atoms with Crippen LogP contribution in [-0.2, 0) is 16.6 Å². The van der Waals surface area contributed by atoms with Gasteiger partial charge in [0, 0.05) is 13.3 Å². The Morgan fingerprint density at radius 3 is 2.95 bits per heavy atom.